The smallest absolute Gasteiger partial charge is 0.230 e. The van der Waals surface area contributed by atoms with E-state index in [1.54, 1.807) is 20.5 Å². The maximum Gasteiger partial charge on any atom is 0.230 e. The van der Waals surface area contributed by atoms with E-state index in [2.05, 4.69) is 41.5 Å². The topological polar surface area (TPSA) is 78.3 Å². The Kier molecular flexibility index (Phi) is 7.94. The first-order valence-electron chi connectivity index (χ1n) is 10.1. The van der Waals surface area contributed by atoms with Crippen molar-refractivity contribution in [3.8, 4) is 17.2 Å². The number of aromatic nitrogens is 3. The van der Waals surface area contributed by atoms with Crippen LogP contribution in [0.5, 0.6) is 11.5 Å². The molecule has 31 heavy (non-hydrogen) atoms. The van der Waals surface area contributed by atoms with Crippen LogP contribution < -0.4 is 14.8 Å². The predicted octanol–water partition coefficient (Wildman–Crippen LogP) is 3.86. The van der Waals surface area contributed by atoms with E-state index < -0.39 is 0 Å². The van der Waals surface area contributed by atoms with E-state index >= 15 is 0 Å². The highest BCUT2D eigenvalue weighted by Crippen LogP contribution is 2.27. The van der Waals surface area contributed by atoms with E-state index in [0.717, 1.165) is 11.3 Å². The van der Waals surface area contributed by atoms with Crippen molar-refractivity contribution in [1.82, 2.24) is 20.1 Å². The monoisotopic (exact) mass is 440 g/mol. The van der Waals surface area contributed by atoms with Gasteiger partial charge in [0.25, 0.3) is 0 Å². The summed E-state index contributed by atoms with van der Waals surface area (Å²) in [6.07, 6.45) is 2.37. The van der Waals surface area contributed by atoms with Crippen LogP contribution in [-0.2, 0) is 11.2 Å². The molecule has 1 aromatic heterocycles. The van der Waals surface area contributed by atoms with Crippen molar-refractivity contribution in [3.05, 3.63) is 59.9 Å². The van der Waals surface area contributed by atoms with Gasteiger partial charge in [-0.25, -0.2) is 0 Å². The fourth-order valence-electron chi connectivity index (χ4n) is 3.08. The van der Waals surface area contributed by atoms with Crippen molar-refractivity contribution in [3.63, 3.8) is 0 Å². The number of ether oxygens (including phenoxy) is 2. The maximum absolute atomic E-state index is 12.3. The van der Waals surface area contributed by atoms with Gasteiger partial charge in [0, 0.05) is 12.2 Å². The number of rotatable bonds is 10. The van der Waals surface area contributed by atoms with Crippen molar-refractivity contribution in [2.45, 2.75) is 31.3 Å². The van der Waals surface area contributed by atoms with Crippen molar-refractivity contribution in [2.24, 2.45) is 0 Å². The first-order valence-corrected chi connectivity index (χ1v) is 11.1. The summed E-state index contributed by atoms with van der Waals surface area (Å²) in [7, 11) is 3.22. The van der Waals surface area contributed by atoms with Crippen LogP contribution in [0.2, 0.25) is 0 Å². The summed E-state index contributed by atoms with van der Waals surface area (Å²) in [5.74, 6) is 2.08. The van der Waals surface area contributed by atoms with Gasteiger partial charge in [-0.1, -0.05) is 43.8 Å². The minimum absolute atomic E-state index is 0.0461. The number of thioether (sulfide) groups is 1. The van der Waals surface area contributed by atoms with Crippen LogP contribution in [0.4, 0.5) is 0 Å². The van der Waals surface area contributed by atoms with Crippen LogP contribution in [-0.4, -0.2) is 47.2 Å². The summed E-state index contributed by atoms with van der Waals surface area (Å²) in [6.45, 7) is 4.87. The molecule has 0 spiro atoms. The zero-order valence-electron chi connectivity index (χ0n) is 18.3. The van der Waals surface area contributed by atoms with Crippen LogP contribution >= 0.6 is 11.8 Å². The second-order valence-electron chi connectivity index (χ2n) is 7.31. The highest BCUT2D eigenvalue weighted by molar-refractivity contribution is 7.99. The first kappa shape index (κ1) is 22.7. The number of nitrogens with zero attached hydrogens (tertiary/aromatic N) is 3. The SMILES string of the molecule is COc1ccc(CCNC(=O)CSc2nncn2-c2ccc(C(C)C)cc2)cc1OC. The largest absolute Gasteiger partial charge is 0.493 e. The van der Waals surface area contributed by atoms with Crippen LogP contribution in [0.1, 0.15) is 30.9 Å². The molecule has 1 heterocycles. The third-order valence-electron chi connectivity index (χ3n) is 4.87. The highest BCUT2D eigenvalue weighted by Gasteiger charge is 2.11. The molecule has 0 aliphatic carbocycles. The fourth-order valence-corrected chi connectivity index (χ4v) is 3.84. The third-order valence-corrected chi connectivity index (χ3v) is 5.81. The molecule has 3 aromatic rings. The Morgan fingerprint density at radius 2 is 1.84 bits per heavy atom. The van der Waals surface area contributed by atoms with Crippen molar-refractivity contribution in [1.29, 1.82) is 0 Å². The molecule has 0 aliphatic rings. The standard InChI is InChI=1S/C23H28N4O3S/c1-16(2)18-6-8-19(9-7-18)27-15-25-26-23(27)31-14-22(28)24-12-11-17-5-10-20(29-3)21(13-17)30-4/h5-10,13,15-16H,11-12,14H2,1-4H3,(H,24,28). The highest BCUT2D eigenvalue weighted by atomic mass is 32.2. The molecule has 1 amide bonds. The molecule has 0 fully saturated rings. The van der Waals surface area contributed by atoms with Crippen LogP contribution in [0, 0.1) is 0 Å². The molecule has 2 aromatic carbocycles. The lowest BCUT2D eigenvalue weighted by molar-refractivity contribution is -0.118. The molecule has 0 saturated carbocycles. The molecule has 8 heteroatoms. The van der Waals surface area contributed by atoms with Crippen LogP contribution in [0.15, 0.2) is 53.9 Å². The van der Waals surface area contributed by atoms with Crippen molar-refractivity contribution in [2.75, 3.05) is 26.5 Å². The molecular weight excluding hydrogens is 412 g/mol. The van der Waals surface area contributed by atoms with E-state index in [1.807, 2.05) is 34.9 Å². The predicted molar refractivity (Wildman–Crippen MR) is 122 cm³/mol. The Morgan fingerprint density at radius 1 is 1.10 bits per heavy atom. The summed E-state index contributed by atoms with van der Waals surface area (Å²) in [6, 6.07) is 14.1. The Labute approximate surface area is 187 Å². The summed E-state index contributed by atoms with van der Waals surface area (Å²) in [5, 5.41) is 11.8. The number of carbonyl (C=O) groups is 1. The van der Waals surface area contributed by atoms with Gasteiger partial charge in [-0.3, -0.25) is 9.36 Å². The van der Waals surface area contributed by atoms with Crippen LogP contribution in [0.3, 0.4) is 0 Å². The summed E-state index contributed by atoms with van der Waals surface area (Å²) in [5.41, 5.74) is 3.32. The normalized spacial score (nSPS) is 10.9. The fraction of sp³-hybridized carbons (Fsp3) is 0.348. The number of nitrogens with one attached hydrogen (secondary N) is 1. The zero-order valence-corrected chi connectivity index (χ0v) is 19.1. The van der Waals surface area contributed by atoms with Gasteiger partial charge < -0.3 is 14.8 Å². The summed E-state index contributed by atoms with van der Waals surface area (Å²) in [4.78, 5) is 12.3. The number of methoxy groups -OCH3 is 2. The summed E-state index contributed by atoms with van der Waals surface area (Å²) < 4.78 is 12.5. The molecule has 3 rings (SSSR count). The molecule has 0 saturated heterocycles. The average molecular weight is 441 g/mol. The van der Waals surface area contributed by atoms with Gasteiger partial charge in [-0.2, -0.15) is 0 Å². The van der Waals surface area contributed by atoms with Gasteiger partial charge in [-0.15, -0.1) is 10.2 Å². The quantitative estimate of drug-likeness (QED) is 0.483. The van der Waals surface area contributed by atoms with Gasteiger partial charge in [0.05, 0.1) is 20.0 Å². The van der Waals surface area contributed by atoms with Crippen molar-refractivity contribution < 1.29 is 14.3 Å². The molecule has 0 unspecified atom stereocenters. The number of amides is 1. The molecule has 0 aliphatic heterocycles. The van der Waals surface area contributed by atoms with E-state index in [4.69, 9.17) is 9.47 Å². The number of carbonyl (C=O) groups excluding carboxylic acids is 1. The lowest BCUT2D eigenvalue weighted by Crippen LogP contribution is -2.27. The van der Waals surface area contributed by atoms with E-state index in [0.29, 0.717) is 35.5 Å². The molecule has 1 N–H and O–H groups in total. The molecular formula is C23H28N4O3S. The number of hydrogen-bond donors (Lipinski definition) is 1. The second kappa shape index (κ2) is 10.9. The molecule has 0 atom stereocenters. The lowest BCUT2D eigenvalue weighted by atomic mass is 10.0. The average Bonchev–Trinajstić information content (AvgIpc) is 3.26. The van der Waals surface area contributed by atoms with Gasteiger partial charge in [-0.05, 0) is 47.7 Å². The minimum atomic E-state index is -0.0461. The maximum atomic E-state index is 12.3. The van der Waals surface area contributed by atoms with E-state index in [1.165, 1.54) is 17.3 Å². The van der Waals surface area contributed by atoms with Gasteiger partial charge in [0.1, 0.15) is 6.33 Å². The Bertz CT molecular complexity index is 1000. The lowest BCUT2D eigenvalue weighted by Gasteiger charge is -2.10. The first-order chi connectivity index (χ1) is 15.0. The van der Waals surface area contributed by atoms with Gasteiger partial charge in [0.2, 0.25) is 5.91 Å². The summed E-state index contributed by atoms with van der Waals surface area (Å²) >= 11 is 1.37. The molecule has 0 radical (unpaired) electrons. The molecule has 7 nitrogen and oxygen atoms in total. The Balaban J connectivity index is 1.50. The van der Waals surface area contributed by atoms with Gasteiger partial charge >= 0.3 is 0 Å². The number of hydrogen-bond acceptors (Lipinski definition) is 6. The Hall–Kier alpha value is -3.00. The minimum Gasteiger partial charge on any atom is -0.493 e. The van der Waals surface area contributed by atoms with E-state index in [-0.39, 0.29) is 11.7 Å². The molecule has 164 valence electrons. The van der Waals surface area contributed by atoms with Crippen LogP contribution in [0.25, 0.3) is 5.69 Å². The second-order valence-corrected chi connectivity index (χ2v) is 8.25. The zero-order chi connectivity index (χ0) is 22.2. The number of benzene rings is 2. The third kappa shape index (κ3) is 6.01. The molecule has 0 bridgehead atoms. The Morgan fingerprint density at radius 3 is 2.52 bits per heavy atom. The van der Waals surface area contributed by atoms with Gasteiger partial charge in [0.15, 0.2) is 16.7 Å². The van der Waals surface area contributed by atoms with E-state index in [9.17, 15) is 4.79 Å². The van der Waals surface area contributed by atoms with Crippen molar-refractivity contribution >= 4 is 17.7 Å².